The zero-order chi connectivity index (χ0) is 22.4. The maximum absolute atomic E-state index is 12.9. The Bertz CT molecular complexity index is 1110. The summed E-state index contributed by atoms with van der Waals surface area (Å²) in [5.41, 5.74) is 2.54. The third-order valence-electron chi connectivity index (χ3n) is 5.70. The minimum absolute atomic E-state index is 0.171. The minimum Gasteiger partial charge on any atom is -0.337 e. The second-order valence-corrected chi connectivity index (χ2v) is 9.34. The van der Waals surface area contributed by atoms with E-state index in [4.69, 9.17) is 4.98 Å². The third-order valence-corrected chi connectivity index (χ3v) is 6.65. The van der Waals surface area contributed by atoms with Crippen molar-refractivity contribution >= 4 is 17.7 Å². The fraction of sp³-hybridized carbons (Fsp3) is 0.320. The van der Waals surface area contributed by atoms with Crippen LogP contribution >= 0.6 is 11.8 Å². The highest BCUT2D eigenvalue weighted by molar-refractivity contribution is 8.00. The molecule has 32 heavy (non-hydrogen) atoms. The average Bonchev–Trinajstić information content (AvgIpc) is 2.85. The summed E-state index contributed by atoms with van der Waals surface area (Å²) in [6.07, 6.45) is 4.44. The molecule has 0 saturated heterocycles. The van der Waals surface area contributed by atoms with Crippen LogP contribution < -0.4 is 5.32 Å². The van der Waals surface area contributed by atoms with E-state index in [1.165, 1.54) is 11.8 Å². The van der Waals surface area contributed by atoms with Crippen LogP contribution in [0.2, 0.25) is 0 Å². The smallest absolute Gasteiger partial charge is 0.234 e. The molecule has 1 aliphatic rings. The molecule has 1 aromatic heterocycles. The van der Waals surface area contributed by atoms with Gasteiger partial charge in [0, 0.05) is 11.1 Å². The SMILES string of the molecule is CC(Sc1nnc(-c2ccccc2)c(-c2ccccc2)n1)C(=O)NC1(C#N)CCCCC1. The molecular formula is C25H25N5OS. The molecule has 1 saturated carbocycles. The molecule has 6 nitrogen and oxygen atoms in total. The van der Waals surface area contributed by atoms with E-state index in [1.807, 2.05) is 67.6 Å². The Kier molecular flexibility index (Phi) is 6.81. The number of rotatable bonds is 6. The lowest BCUT2D eigenvalue weighted by atomic mass is 9.83. The van der Waals surface area contributed by atoms with Gasteiger partial charge in [0.15, 0.2) is 0 Å². The van der Waals surface area contributed by atoms with Crippen LogP contribution in [-0.4, -0.2) is 31.9 Å². The molecule has 0 spiro atoms. The van der Waals surface area contributed by atoms with Crippen molar-refractivity contribution in [3.8, 4) is 28.6 Å². The molecule has 1 unspecified atom stereocenters. The van der Waals surface area contributed by atoms with Gasteiger partial charge in [-0.1, -0.05) is 91.7 Å². The van der Waals surface area contributed by atoms with E-state index in [0.29, 0.717) is 23.7 Å². The summed E-state index contributed by atoms with van der Waals surface area (Å²) in [4.78, 5) is 17.6. The highest BCUT2D eigenvalue weighted by Gasteiger charge is 2.35. The number of amides is 1. The van der Waals surface area contributed by atoms with Gasteiger partial charge in [-0.3, -0.25) is 4.79 Å². The van der Waals surface area contributed by atoms with Gasteiger partial charge >= 0.3 is 0 Å². The molecule has 1 amide bonds. The lowest BCUT2D eigenvalue weighted by Crippen LogP contribution is -2.50. The molecule has 1 aliphatic carbocycles. The highest BCUT2D eigenvalue weighted by atomic mass is 32.2. The average molecular weight is 444 g/mol. The Balaban J connectivity index is 1.57. The molecule has 162 valence electrons. The van der Waals surface area contributed by atoms with Crippen LogP contribution in [0.15, 0.2) is 65.8 Å². The van der Waals surface area contributed by atoms with Gasteiger partial charge in [-0.25, -0.2) is 4.98 Å². The van der Waals surface area contributed by atoms with E-state index in [9.17, 15) is 10.1 Å². The zero-order valence-corrected chi connectivity index (χ0v) is 18.8. The van der Waals surface area contributed by atoms with Crippen LogP contribution in [0.4, 0.5) is 0 Å². The van der Waals surface area contributed by atoms with Crippen LogP contribution in [0, 0.1) is 11.3 Å². The number of nitrogens with zero attached hydrogens (tertiary/aromatic N) is 4. The third kappa shape index (κ3) is 4.97. The van der Waals surface area contributed by atoms with E-state index in [-0.39, 0.29) is 5.91 Å². The number of carbonyl (C=O) groups is 1. The van der Waals surface area contributed by atoms with Crippen LogP contribution in [0.25, 0.3) is 22.5 Å². The molecule has 1 atom stereocenters. The van der Waals surface area contributed by atoms with Gasteiger partial charge in [-0.05, 0) is 19.8 Å². The summed E-state index contributed by atoms with van der Waals surface area (Å²) in [5.74, 6) is -0.171. The fourth-order valence-electron chi connectivity index (χ4n) is 3.92. The van der Waals surface area contributed by atoms with Crippen molar-refractivity contribution in [2.75, 3.05) is 0 Å². The van der Waals surface area contributed by atoms with Crippen molar-refractivity contribution in [1.82, 2.24) is 20.5 Å². The van der Waals surface area contributed by atoms with E-state index >= 15 is 0 Å². The maximum Gasteiger partial charge on any atom is 0.234 e. The predicted octanol–water partition coefficient (Wildman–Crippen LogP) is 5.03. The van der Waals surface area contributed by atoms with Crippen molar-refractivity contribution in [3.63, 3.8) is 0 Å². The summed E-state index contributed by atoms with van der Waals surface area (Å²) < 4.78 is 0. The number of hydrogen-bond donors (Lipinski definition) is 1. The molecule has 1 heterocycles. The zero-order valence-electron chi connectivity index (χ0n) is 18.0. The van der Waals surface area contributed by atoms with Crippen molar-refractivity contribution in [2.45, 2.75) is 55.0 Å². The van der Waals surface area contributed by atoms with Gasteiger partial charge in [0.2, 0.25) is 11.1 Å². The van der Waals surface area contributed by atoms with Gasteiger partial charge in [0.05, 0.1) is 11.3 Å². The van der Waals surface area contributed by atoms with Gasteiger partial charge < -0.3 is 5.32 Å². The molecule has 3 aromatic rings. The number of aromatic nitrogens is 3. The number of benzene rings is 2. The van der Waals surface area contributed by atoms with Gasteiger partial charge in [-0.2, -0.15) is 5.26 Å². The molecule has 0 aliphatic heterocycles. The standard InChI is InChI=1S/C25H25N5OS/c1-18(23(31)28-25(17-26)15-9-4-10-16-25)32-24-27-21(19-11-5-2-6-12-19)22(29-30-24)20-13-7-3-8-14-20/h2-3,5-8,11-14,18H,4,9-10,15-16H2,1H3,(H,28,31). The predicted molar refractivity (Wildman–Crippen MR) is 126 cm³/mol. The Morgan fingerprint density at radius 1 is 0.969 bits per heavy atom. The largest absolute Gasteiger partial charge is 0.337 e. The normalized spacial score (nSPS) is 16.0. The van der Waals surface area contributed by atoms with Crippen molar-refractivity contribution in [3.05, 3.63) is 60.7 Å². The Morgan fingerprint density at radius 3 is 2.16 bits per heavy atom. The Morgan fingerprint density at radius 2 is 1.56 bits per heavy atom. The first-order valence-electron chi connectivity index (χ1n) is 10.9. The lowest BCUT2D eigenvalue weighted by molar-refractivity contribution is -0.121. The van der Waals surface area contributed by atoms with Crippen molar-refractivity contribution in [2.24, 2.45) is 0 Å². The molecule has 7 heteroatoms. The molecular weight excluding hydrogens is 418 g/mol. The Hall–Kier alpha value is -3.24. The maximum atomic E-state index is 12.9. The van der Waals surface area contributed by atoms with Crippen LogP contribution in [0.5, 0.6) is 0 Å². The molecule has 1 fully saturated rings. The van der Waals surface area contributed by atoms with Gasteiger partial charge in [0.25, 0.3) is 0 Å². The number of carbonyl (C=O) groups excluding carboxylic acids is 1. The number of nitrogens with one attached hydrogen (secondary N) is 1. The van der Waals surface area contributed by atoms with E-state index in [1.54, 1.807) is 0 Å². The molecule has 0 bridgehead atoms. The highest BCUT2D eigenvalue weighted by Crippen LogP contribution is 2.32. The first-order chi connectivity index (χ1) is 15.6. The molecule has 0 radical (unpaired) electrons. The summed E-state index contributed by atoms with van der Waals surface area (Å²) in [6.45, 7) is 1.81. The first-order valence-corrected chi connectivity index (χ1v) is 11.7. The number of nitriles is 1. The first kappa shape index (κ1) is 22.0. The quantitative estimate of drug-likeness (QED) is 0.537. The summed E-state index contributed by atoms with van der Waals surface area (Å²) >= 11 is 1.26. The lowest BCUT2D eigenvalue weighted by Gasteiger charge is -2.32. The molecule has 1 N–H and O–H groups in total. The van der Waals surface area contributed by atoms with Crippen LogP contribution in [-0.2, 0) is 4.79 Å². The van der Waals surface area contributed by atoms with Gasteiger partial charge in [0.1, 0.15) is 16.9 Å². The van der Waals surface area contributed by atoms with Crippen molar-refractivity contribution < 1.29 is 4.79 Å². The summed E-state index contributed by atoms with van der Waals surface area (Å²) in [5, 5.41) is 21.4. The van der Waals surface area contributed by atoms with Gasteiger partial charge in [-0.15, -0.1) is 10.2 Å². The van der Waals surface area contributed by atoms with Crippen LogP contribution in [0.3, 0.4) is 0 Å². The summed E-state index contributed by atoms with van der Waals surface area (Å²) in [6, 6.07) is 22.0. The van der Waals surface area contributed by atoms with E-state index < -0.39 is 10.8 Å². The van der Waals surface area contributed by atoms with Crippen LogP contribution in [0.1, 0.15) is 39.0 Å². The molecule has 2 aromatic carbocycles. The molecule has 4 rings (SSSR count). The topological polar surface area (TPSA) is 91.6 Å². The minimum atomic E-state index is -0.754. The second kappa shape index (κ2) is 9.92. The fourth-order valence-corrected chi connectivity index (χ4v) is 4.63. The second-order valence-electron chi connectivity index (χ2n) is 8.03. The van der Waals surface area contributed by atoms with Crippen molar-refractivity contribution in [1.29, 1.82) is 5.26 Å². The summed E-state index contributed by atoms with van der Waals surface area (Å²) in [7, 11) is 0. The number of thioether (sulfide) groups is 1. The van der Waals surface area contributed by atoms with E-state index in [0.717, 1.165) is 36.1 Å². The monoisotopic (exact) mass is 443 g/mol. The Labute approximate surface area is 192 Å². The van der Waals surface area contributed by atoms with E-state index in [2.05, 4.69) is 21.6 Å². The number of hydrogen-bond acceptors (Lipinski definition) is 6.